The van der Waals surface area contributed by atoms with Gasteiger partial charge >= 0.3 is 0 Å². The molecule has 0 aliphatic carbocycles. The van der Waals surface area contributed by atoms with Crippen molar-refractivity contribution in [3.05, 3.63) is 15.9 Å². The van der Waals surface area contributed by atoms with Crippen molar-refractivity contribution in [2.45, 2.75) is 17.1 Å². The molecule has 1 fully saturated rings. The zero-order chi connectivity index (χ0) is 12.5. The predicted molar refractivity (Wildman–Crippen MR) is 79.8 cm³/mol. The van der Waals surface area contributed by atoms with Gasteiger partial charge in [-0.2, -0.15) is 4.31 Å². The Kier molecular flexibility index (Phi) is 6.08. The monoisotopic (exact) mass is 374 g/mol. The van der Waals surface area contributed by atoms with Crippen LogP contribution in [0.3, 0.4) is 0 Å². The Hall–Kier alpha value is 0.340. The van der Waals surface area contributed by atoms with E-state index in [2.05, 4.69) is 15.9 Å². The lowest BCUT2D eigenvalue weighted by molar-refractivity contribution is 0.279. The van der Waals surface area contributed by atoms with Crippen LogP contribution in [0.4, 0.5) is 0 Å². The summed E-state index contributed by atoms with van der Waals surface area (Å²) in [6, 6.07) is 1.77. The number of piperidine rings is 1. The zero-order valence-electron chi connectivity index (χ0n) is 9.71. The fourth-order valence-corrected chi connectivity index (χ4v) is 5.89. The van der Waals surface area contributed by atoms with Gasteiger partial charge in [-0.05, 0) is 52.7 Å². The average molecular weight is 376 g/mol. The highest BCUT2D eigenvalue weighted by molar-refractivity contribution is 9.10. The number of sulfonamides is 1. The maximum Gasteiger partial charge on any atom is 0.253 e. The van der Waals surface area contributed by atoms with Crippen LogP contribution in [0.5, 0.6) is 0 Å². The summed E-state index contributed by atoms with van der Waals surface area (Å²) >= 11 is 4.53. The standard InChI is InChI=1S/C10H15BrN2O2S2.ClH/c11-9-3-6-16-10(9)17(14,15)13-4-1-8(7-12)2-5-13;/h3,6,8H,1-2,4-5,7,12H2;1H. The zero-order valence-corrected chi connectivity index (χ0v) is 13.7. The van der Waals surface area contributed by atoms with Gasteiger partial charge in [-0.25, -0.2) is 8.42 Å². The average Bonchev–Trinajstić information content (AvgIpc) is 2.76. The van der Waals surface area contributed by atoms with E-state index in [9.17, 15) is 8.42 Å². The van der Waals surface area contributed by atoms with Crippen molar-refractivity contribution < 1.29 is 8.42 Å². The van der Waals surface area contributed by atoms with E-state index < -0.39 is 10.0 Å². The first-order chi connectivity index (χ1) is 8.05. The van der Waals surface area contributed by atoms with Crippen molar-refractivity contribution in [3.63, 3.8) is 0 Å². The van der Waals surface area contributed by atoms with E-state index in [1.165, 1.54) is 11.3 Å². The number of halogens is 2. The lowest BCUT2D eigenvalue weighted by Crippen LogP contribution is -2.39. The van der Waals surface area contributed by atoms with Crippen molar-refractivity contribution in [2.24, 2.45) is 11.7 Å². The Morgan fingerprint density at radius 1 is 1.44 bits per heavy atom. The van der Waals surface area contributed by atoms with Crippen LogP contribution in [0.2, 0.25) is 0 Å². The summed E-state index contributed by atoms with van der Waals surface area (Å²) in [6.45, 7) is 1.81. The minimum atomic E-state index is -3.32. The summed E-state index contributed by atoms with van der Waals surface area (Å²) in [7, 11) is -3.32. The smallest absolute Gasteiger partial charge is 0.253 e. The summed E-state index contributed by atoms with van der Waals surface area (Å²) in [5.74, 6) is 0.466. The number of rotatable bonds is 3. The second-order valence-electron chi connectivity index (χ2n) is 4.14. The van der Waals surface area contributed by atoms with E-state index in [-0.39, 0.29) is 12.4 Å². The molecule has 0 bridgehead atoms. The Morgan fingerprint density at radius 2 is 2.06 bits per heavy atom. The first kappa shape index (κ1) is 16.4. The van der Waals surface area contributed by atoms with E-state index in [0.717, 1.165) is 12.8 Å². The second kappa shape index (κ2) is 6.67. The molecule has 8 heteroatoms. The molecule has 2 heterocycles. The van der Waals surface area contributed by atoms with Crippen molar-refractivity contribution in [2.75, 3.05) is 19.6 Å². The maximum atomic E-state index is 12.3. The van der Waals surface area contributed by atoms with Gasteiger partial charge in [0.2, 0.25) is 0 Å². The maximum absolute atomic E-state index is 12.3. The quantitative estimate of drug-likeness (QED) is 0.881. The topological polar surface area (TPSA) is 63.4 Å². The molecule has 0 amide bonds. The van der Waals surface area contributed by atoms with Gasteiger partial charge < -0.3 is 5.73 Å². The molecular formula is C10H16BrClN2O2S2. The molecule has 0 atom stereocenters. The van der Waals surface area contributed by atoms with E-state index in [1.807, 2.05) is 0 Å². The molecule has 0 saturated carbocycles. The SMILES string of the molecule is Cl.NCC1CCN(S(=O)(=O)c2sccc2Br)CC1. The van der Waals surface area contributed by atoms with E-state index in [4.69, 9.17) is 5.73 Å². The van der Waals surface area contributed by atoms with Gasteiger partial charge in [0.1, 0.15) is 4.21 Å². The molecule has 2 N–H and O–H groups in total. The van der Waals surface area contributed by atoms with Gasteiger partial charge in [0.05, 0.1) is 0 Å². The number of hydrogen-bond acceptors (Lipinski definition) is 4. The highest BCUT2D eigenvalue weighted by Crippen LogP contribution is 2.32. The van der Waals surface area contributed by atoms with Gasteiger partial charge in [0.25, 0.3) is 10.0 Å². The number of hydrogen-bond donors (Lipinski definition) is 1. The van der Waals surface area contributed by atoms with Crippen LogP contribution in [-0.4, -0.2) is 32.4 Å². The molecule has 0 unspecified atom stereocenters. The summed E-state index contributed by atoms with van der Waals surface area (Å²) in [5, 5.41) is 1.78. The van der Waals surface area contributed by atoms with Crippen LogP contribution in [0, 0.1) is 5.92 Å². The highest BCUT2D eigenvalue weighted by Gasteiger charge is 2.31. The molecule has 4 nitrogen and oxygen atoms in total. The Labute approximate surface area is 126 Å². The Bertz CT molecular complexity index is 484. The third-order valence-corrected chi connectivity index (χ3v) is 7.61. The van der Waals surface area contributed by atoms with Crippen LogP contribution in [-0.2, 0) is 10.0 Å². The van der Waals surface area contributed by atoms with E-state index >= 15 is 0 Å². The van der Waals surface area contributed by atoms with Crippen LogP contribution in [0.1, 0.15) is 12.8 Å². The first-order valence-corrected chi connectivity index (χ1v) is 8.60. The fourth-order valence-electron chi connectivity index (χ4n) is 1.97. The summed E-state index contributed by atoms with van der Waals surface area (Å²) < 4.78 is 27.3. The summed E-state index contributed by atoms with van der Waals surface area (Å²) in [5.41, 5.74) is 5.60. The highest BCUT2D eigenvalue weighted by atomic mass is 79.9. The van der Waals surface area contributed by atoms with Gasteiger partial charge in [0, 0.05) is 17.6 Å². The van der Waals surface area contributed by atoms with Crippen molar-refractivity contribution in [1.29, 1.82) is 0 Å². The van der Waals surface area contributed by atoms with Crippen LogP contribution in [0.15, 0.2) is 20.1 Å². The Balaban J connectivity index is 0.00000162. The molecule has 2 rings (SSSR count). The third-order valence-electron chi connectivity index (χ3n) is 3.07. The Morgan fingerprint density at radius 3 is 2.50 bits per heavy atom. The predicted octanol–water partition coefficient (Wildman–Crippen LogP) is 2.29. The second-order valence-corrected chi connectivity index (χ2v) is 8.04. The van der Waals surface area contributed by atoms with Crippen molar-refractivity contribution in [3.8, 4) is 0 Å². The minimum absolute atomic E-state index is 0. The van der Waals surface area contributed by atoms with Crippen molar-refractivity contribution >= 4 is 49.7 Å². The van der Waals surface area contributed by atoms with Crippen LogP contribution < -0.4 is 5.73 Å². The largest absolute Gasteiger partial charge is 0.330 e. The van der Waals surface area contributed by atoms with Gasteiger partial charge in [-0.1, -0.05) is 0 Å². The molecule has 0 aromatic carbocycles. The molecule has 1 aromatic rings. The van der Waals surface area contributed by atoms with Crippen LogP contribution in [0.25, 0.3) is 0 Å². The van der Waals surface area contributed by atoms with Gasteiger partial charge in [0.15, 0.2) is 0 Å². The molecule has 18 heavy (non-hydrogen) atoms. The van der Waals surface area contributed by atoms with Crippen molar-refractivity contribution in [1.82, 2.24) is 4.31 Å². The lowest BCUT2D eigenvalue weighted by atomic mass is 9.99. The van der Waals surface area contributed by atoms with Gasteiger partial charge in [-0.15, -0.1) is 23.7 Å². The molecular weight excluding hydrogens is 360 g/mol. The number of nitrogens with two attached hydrogens (primary N) is 1. The first-order valence-electron chi connectivity index (χ1n) is 5.49. The molecule has 1 saturated heterocycles. The van der Waals surface area contributed by atoms with E-state index in [0.29, 0.717) is 34.2 Å². The normalized spacial score (nSPS) is 18.6. The van der Waals surface area contributed by atoms with E-state index in [1.54, 1.807) is 15.8 Å². The molecule has 104 valence electrons. The summed E-state index contributed by atoms with van der Waals surface area (Å²) in [6.07, 6.45) is 1.72. The third kappa shape index (κ3) is 3.26. The lowest BCUT2D eigenvalue weighted by Gasteiger charge is -2.30. The molecule has 0 radical (unpaired) electrons. The van der Waals surface area contributed by atoms with Crippen LogP contribution >= 0.6 is 39.7 Å². The fraction of sp³-hybridized carbons (Fsp3) is 0.600. The molecule has 1 aromatic heterocycles. The molecule has 1 aliphatic heterocycles. The van der Waals surface area contributed by atoms with Gasteiger partial charge in [-0.3, -0.25) is 0 Å². The number of nitrogens with zero attached hydrogens (tertiary/aromatic N) is 1. The minimum Gasteiger partial charge on any atom is -0.330 e. The molecule has 1 aliphatic rings. The summed E-state index contributed by atoms with van der Waals surface area (Å²) in [4.78, 5) is 0. The molecule has 0 spiro atoms. The number of thiophene rings is 1.